The van der Waals surface area contributed by atoms with Crippen molar-refractivity contribution in [1.82, 2.24) is 4.90 Å². The van der Waals surface area contributed by atoms with Crippen LogP contribution in [0.5, 0.6) is 5.75 Å². The summed E-state index contributed by atoms with van der Waals surface area (Å²) in [7, 11) is -3.78. The van der Waals surface area contributed by atoms with Gasteiger partial charge in [0.25, 0.3) is 15.9 Å². The van der Waals surface area contributed by atoms with Crippen molar-refractivity contribution in [3.63, 3.8) is 0 Å². The number of sulfonamides is 1. The Morgan fingerprint density at radius 1 is 0.971 bits per heavy atom. The van der Waals surface area contributed by atoms with Crippen LogP contribution in [0.15, 0.2) is 77.7 Å². The lowest BCUT2D eigenvalue weighted by Gasteiger charge is -2.36. The molecular formula is C25H26ClN3O4S. The Bertz CT molecular complexity index is 1240. The number of hydrogen-bond donors (Lipinski definition) is 1. The second kappa shape index (κ2) is 10.4. The summed E-state index contributed by atoms with van der Waals surface area (Å²) in [6.45, 7) is 4.53. The van der Waals surface area contributed by atoms with Gasteiger partial charge in [0.1, 0.15) is 5.75 Å². The molecule has 3 aromatic carbocycles. The van der Waals surface area contributed by atoms with Crippen LogP contribution in [0.3, 0.4) is 0 Å². The van der Waals surface area contributed by atoms with Crippen molar-refractivity contribution < 1.29 is 17.9 Å². The monoisotopic (exact) mass is 499 g/mol. The van der Waals surface area contributed by atoms with Gasteiger partial charge in [0.15, 0.2) is 6.61 Å². The molecule has 0 aliphatic carbocycles. The standard InChI is InChI=1S/C25H26ClN3O4S/c1-19-7-8-20(17-24(19)26)27-34(31,32)23-11-9-22(10-12-23)33-18-25(30)29-15-13-28(14-16-29)21-5-3-2-4-6-21/h2-12,17,27H,13-16,18H2,1H3. The molecule has 34 heavy (non-hydrogen) atoms. The molecule has 0 saturated carbocycles. The van der Waals surface area contributed by atoms with Crippen molar-refractivity contribution in [2.45, 2.75) is 11.8 Å². The summed E-state index contributed by atoms with van der Waals surface area (Å²) in [5.74, 6) is 0.330. The second-order valence-corrected chi connectivity index (χ2v) is 10.1. The summed E-state index contributed by atoms with van der Waals surface area (Å²) in [6, 6.07) is 21.1. The Hall–Kier alpha value is -3.23. The first-order valence-electron chi connectivity index (χ1n) is 10.9. The summed E-state index contributed by atoms with van der Waals surface area (Å²) in [5, 5.41) is 0.482. The zero-order valence-corrected chi connectivity index (χ0v) is 20.3. The van der Waals surface area contributed by atoms with Crippen molar-refractivity contribution in [1.29, 1.82) is 0 Å². The molecule has 1 amide bonds. The number of aryl methyl sites for hydroxylation is 1. The number of halogens is 1. The molecular weight excluding hydrogens is 474 g/mol. The van der Waals surface area contributed by atoms with Gasteiger partial charge in [-0.1, -0.05) is 35.9 Å². The van der Waals surface area contributed by atoms with Gasteiger partial charge in [-0.05, 0) is 61.0 Å². The number of nitrogens with one attached hydrogen (secondary N) is 1. The van der Waals surface area contributed by atoms with E-state index in [-0.39, 0.29) is 17.4 Å². The largest absolute Gasteiger partial charge is 0.484 e. The van der Waals surface area contributed by atoms with Crippen LogP contribution in [0.1, 0.15) is 5.56 Å². The first-order valence-corrected chi connectivity index (χ1v) is 12.8. The predicted octanol–water partition coefficient (Wildman–Crippen LogP) is 4.18. The maximum Gasteiger partial charge on any atom is 0.261 e. The molecule has 1 fully saturated rings. The molecule has 0 atom stereocenters. The summed E-state index contributed by atoms with van der Waals surface area (Å²) in [5.41, 5.74) is 2.40. The Kier molecular flexibility index (Phi) is 7.29. The van der Waals surface area contributed by atoms with Crippen molar-refractivity contribution in [3.8, 4) is 5.75 Å². The van der Waals surface area contributed by atoms with E-state index in [1.165, 1.54) is 24.3 Å². The Morgan fingerprint density at radius 2 is 1.65 bits per heavy atom. The molecule has 3 aromatic rings. The minimum Gasteiger partial charge on any atom is -0.484 e. The molecule has 1 aliphatic rings. The molecule has 4 rings (SSSR count). The van der Waals surface area contributed by atoms with Crippen LogP contribution < -0.4 is 14.4 Å². The normalized spacial score (nSPS) is 14.1. The van der Waals surface area contributed by atoms with Gasteiger partial charge in [-0.2, -0.15) is 0 Å². The molecule has 1 N–H and O–H groups in total. The molecule has 9 heteroatoms. The van der Waals surface area contributed by atoms with Crippen molar-refractivity contribution in [2.75, 3.05) is 42.4 Å². The fourth-order valence-corrected chi connectivity index (χ4v) is 4.90. The average Bonchev–Trinajstić information content (AvgIpc) is 2.85. The van der Waals surface area contributed by atoms with Crippen LogP contribution in [0.4, 0.5) is 11.4 Å². The Labute approximate surface area is 205 Å². The highest BCUT2D eigenvalue weighted by atomic mass is 35.5. The van der Waals surface area contributed by atoms with Gasteiger partial charge in [-0.3, -0.25) is 9.52 Å². The first kappa shape index (κ1) is 23.9. The number of ether oxygens (including phenoxy) is 1. The second-order valence-electron chi connectivity index (χ2n) is 8.03. The SMILES string of the molecule is Cc1ccc(NS(=O)(=O)c2ccc(OCC(=O)N3CCN(c4ccccc4)CC3)cc2)cc1Cl. The Morgan fingerprint density at radius 3 is 2.29 bits per heavy atom. The molecule has 7 nitrogen and oxygen atoms in total. The van der Waals surface area contributed by atoms with Crippen molar-refractivity contribution in [3.05, 3.63) is 83.4 Å². The predicted molar refractivity (Wildman–Crippen MR) is 134 cm³/mol. The van der Waals surface area contributed by atoms with E-state index in [2.05, 4.69) is 21.8 Å². The van der Waals surface area contributed by atoms with Crippen molar-refractivity contribution in [2.24, 2.45) is 0 Å². The highest BCUT2D eigenvalue weighted by molar-refractivity contribution is 7.92. The lowest BCUT2D eigenvalue weighted by Crippen LogP contribution is -2.50. The average molecular weight is 500 g/mol. The highest BCUT2D eigenvalue weighted by Crippen LogP contribution is 2.24. The van der Waals surface area contributed by atoms with E-state index in [4.69, 9.17) is 16.3 Å². The molecule has 0 unspecified atom stereocenters. The van der Waals surface area contributed by atoms with Gasteiger partial charge in [0.2, 0.25) is 0 Å². The number of hydrogen-bond acceptors (Lipinski definition) is 5. The van der Waals surface area contributed by atoms with Gasteiger partial charge in [-0.25, -0.2) is 8.42 Å². The lowest BCUT2D eigenvalue weighted by molar-refractivity contribution is -0.133. The molecule has 1 aliphatic heterocycles. The maximum absolute atomic E-state index is 12.7. The van der Waals surface area contributed by atoms with Crippen LogP contribution in [0.25, 0.3) is 0 Å². The molecule has 1 saturated heterocycles. The van der Waals surface area contributed by atoms with Gasteiger partial charge in [-0.15, -0.1) is 0 Å². The minimum absolute atomic E-state index is 0.0832. The van der Waals surface area contributed by atoms with E-state index < -0.39 is 10.0 Å². The number of rotatable bonds is 7. The van der Waals surface area contributed by atoms with E-state index in [0.717, 1.165) is 24.3 Å². The summed E-state index contributed by atoms with van der Waals surface area (Å²) in [4.78, 5) is 16.7. The number of anilines is 2. The number of para-hydroxylation sites is 1. The van der Waals surface area contributed by atoms with Crippen LogP contribution in [-0.4, -0.2) is 52.0 Å². The fraction of sp³-hybridized carbons (Fsp3) is 0.240. The summed E-state index contributed by atoms with van der Waals surface area (Å²) < 4.78 is 33.4. The van der Waals surface area contributed by atoms with E-state index >= 15 is 0 Å². The van der Waals surface area contributed by atoms with Gasteiger partial charge in [0, 0.05) is 36.9 Å². The molecule has 0 aromatic heterocycles. The van der Waals surface area contributed by atoms with Crippen LogP contribution >= 0.6 is 11.6 Å². The summed E-state index contributed by atoms with van der Waals surface area (Å²) in [6.07, 6.45) is 0. The van der Waals surface area contributed by atoms with Gasteiger partial charge < -0.3 is 14.5 Å². The van der Waals surface area contributed by atoms with Gasteiger partial charge >= 0.3 is 0 Å². The third-order valence-electron chi connectivity index (χ3n) is 5.67. The molecule has 0 bridgehead atoms. The minimum atomic E-state index is -3.78. The lowest BCUT2D eigenvalue weighted by atomic mass is 10.2. The highest BCUT2D eigenvalue weighted by Gasteiger charge is 2.22. The maximum atomic E-state index is 12.7. The number of piperazine rings is 1. The van der Waals surface area contributed by atoms with Gasteiger partial charge in [0.05, 0.1) is 10.6 Å². The smallest absolute Gasteiger partial charge is 0.261 e. The number of carbonyl (C=O) groups excluding carboxylic acids is 1. The quantitative estimate of drug-likeness (QED) is 0.527. The molecule has 1 heterocycles. The fourth-order valence-electron chi connectivity index (χ4n) is 3.67. The van der Waals surface area contributed by atoms with E-state index in [1.54, 1.807) is 23.1 Å². The van der Waals surface area contributed by atoms with Crippen LogP contribution in [0, 0.1) is 6.92 Å². The van der Waals surface area contributed by atoms with Crippen LogP contribution in [-0.2, 0) is 14.8 Å². The Balaban J connectivity index is 1.29. The molecule has 0 spiro atoms. The number of amides is 1. The van der Waals surface area contributed by atoms with E-state index in [0.29, 0.717) is 29.5 Å². The molecule has 0 radical (unpaired) electrons. The number of carbonyl (C=O) groups is 1. The third-order valence-corrected chi connectivity index (χ3v) is 7.48. The van der Waals surface area contributed by atoms with Crippen LogP contribution in [0.2, 0.25) is 5.02 Å². The third kappa shape index (κ3) is 5.81. The molecule has 178 valence electrons. The summed E-state index contributed by atoms with van der Waals surface area (Å²) >= 11 is 6.08. The van der Waals surface area contributed by atoms with E-state index in [9.17, 15) is 13.2 Å². The number of benzene rings is 3. The van der Waals surface area contributed by atoms with Crippen molar-refractivity contribution >= 4 is 38.9 Å². The topological polar surface area (TPSA) is 78.9 Å². The first-order chi connectivity index (χ1) is 16.3. The van der Waals surface area contributed by atoms with E-state index in [1.807, 2.05) is 25.1 Å². The number of nitrogens with zero attached hydrogens (tertiary/aromatic N) is 2. The zero-order valence-electron chi connectivity index (χ0n) is 18.8. The zero-order chi connectivity index (χ0) is 24.1.